The third-order valence-corrected chi connectivity index (χ3v) is 3.94. The first-order valence-corrected chi connectivity index (χ1v) is 7.65. The third-order valence-electron chi connectivity index (χ3n) is 3.94. The van der Waals surface area contributed by atoms with E-state index in [4.69, 9.17) is 9.15 Å². The van der Waals surface area contributed by atoms with Gasteiger partial charge in [0.05, 0.1) is 19.2 Å². The molecule has 0 saturated carbocycles. The third kappa shape index (κ3) is 3.67. The van der Waals surface area contributed by atoms with Gasteiger partial charge in [0, 0.05) is 24.7 Å². The number of likely N-dealkylation sites (tertiary alicyclic amines) is 1. The van der Waals surface area contributed by atoms with Crippen LogP contribution < -0.4 is 0 Å². The molecule has 134 valence electrons. The Kier molecular flexibility index (Phi) is 4.78. The summed E-state index contributed by atoms with van der Waals surface area (Å²) < 4.78 is 37.5. The predicted molar refractivity (Wildman–Crippen MR) is 81.9 cm³/mol. The molecule has 1 unspecified atom stereocenters. The summed E-state index contributed by atoms with van der Waals surface area (Å²) in [5.74, 6) is -3.09. The van der Waals surface area contributed by atoms with Gasteiger partial charge < -0.3 is 19.2 Å². The molecule has 9 heteroatoms. The Morgan fingerprint density at radius 3 is 3.00 bits per heavy atom. The van der Waals surface area contributed by atoms with Crippen molar-refractivity contribution in [3.63, 3.8) is 0 Å². The summed E-state index contributed by atoms with van der Waals surface area (Å²) >= 11 is 0. The fraction of sp³-hybridized carbons (Fsp3) is 0.438. The van der Waals surface area contributed by atoms with Gasteiger partial charge in [0.1, 0.15) is 6.61 Å². The topological polar surface area (TPSA) is 88.7 Å². The molecule has 0 aliphatic carbocycles. The van der Waals surface area contributed by atoms with Crippen LogP contribution in [0.5, 0.6) is 0 Å². The Balaban J connectivity index is 1.84. The summed E-state index contributed by atoms with van der Waals surface area (Å²) in [6, 6.07) is 5.39. The number of aromatic nitrogens is 2. The molecule has 1 N–H and O–H groups in total. The number of carbonyl (C=O) groups is 1. The lowest BCUT2D eigenvalue weighted by atomic mass is 10.1. The van der Waals surface area contributed by atoms with E-state index in [-0.39, 0.29) is 24.0 Å². The molecule has 1 saturated heterocycles. The van der Waals surface area contributed by atoms with Crippen LogP contribution in [0.4, 0.5) is 8.78 Å². The van der Waals surface area contributed by atoms with Gasteiger partial charge in [-0.1, -0.05) is 6.07 Å². The van der Waals surface area contributed by atoms with E-state index in [1.807, 2.05) is 0 Å². The number of aliphatic hydroxyl groups is 1. The SMILES string of the molecule is COCc1nnc(-c2cccc(C(=O)N3CC(F)(F)CC3CO)c2)o1. The average molecular weight is 353 g/mol. The number of hydrogen-bond acceptors (Lipinski definition) is 6. The highest BCUT2D eigenvalue weighted by Gasteiger charge is 2.46. The smallest absolute Gasteiger partial charge is 0.267 e. The molecular weight excluding hydrogens is 336 g/mol. The van der Waals surface area contributed by atoms with Crippen molar-refractivity contribution in [2.24, 2.45) is 0 Å². The Morgan fingerprint density at radius 1 is 1.48 bits per heavy atom. The van der Waals surface area contributed by atoms with Crippen LogP contribution in [-0.2, 0) is 11.3 Å². The van der Waals surface area contributed by atoms with Gasteiger partial charge >= 0.3 is 0 Å². The number of alkyl halides is 2. The predicted octanol–water partition coefficient (Wildman–Crippen LogP) is 1.73. The van der Waals surface area contributed by atoms with E-state index in [9.17, 15) is 18.7 Å². The van der Waals surface area contributed by atoms with Crippen molar-refractivity contribution in [1.29, 1.82) is 0 Å². The maximum Gasteiger partial charge on any atom is 0.267 e. The first-order chi connectivity index (χ1) is 11.9. The number of ether oxygens (including phenoxy) is 1. The minimum Gasteiger partial charge on any atom is -0.418 e. The number of amides is 1. The van der Waals surface area contributed by atoms with Crippen molar-refractivity contribution >= 4 is 5.91 Å². The minimum absolute atomic E-state index is 0.159. The van der Waals surface area contributed by atoms with Crippen molar-refractivity contribution in [3.05, 3.63) is 35.7 Å². The molecule has 3 rings (SSSR count). The largest absolute Gasteiger partial charge is 0.418 e. The van der Waals surface area contributed by atoms with Crippen molar-refractivity contribution in [3.8, 4) is 11.5 Å². The van der Waals surface area contributed by atoms with Crippen molar-refractivity contribution in [2.45, 2.75) is 25.0 Å². The molecule has 1 aromatic carbocycles. The Labute approximate surface area is 142 Å². The Bertz CT molecular complexity index is 765. The van der Waals surface area contributed by atoms with Crippen LogP contribution in [0.3, 0.4) is 0 Å². The summed E-state index contributed by atoms with van der Waals surface area (Å²) in [7, 11) is 1.49. The molecule has 1 aliphatic heterocycles. The van der Waals surface area contributed by atoms with Gasteiger partial charge in [0.25, 0.3) is 11.8 Å². The molecule has 25 heavy (non-hydrogen) atoms. The molecule has 2 aromatic rings. The second kappa shape index (κ2) is 6.85. The molecule has 1 aromatic heterocycles. The molecule has 7 nitrogen and oxygen atoms in total. The number of carbonyl (C=O) groups excluding carboxylic acids is 1. The number of halogens is 2. The zero-order valence-corrected chi connectivity index (χ0v) is 13.5. The normalized spacial score (nSPS) is 19.4. The second-order valence-electron chi connectivity index (χ2n) is 5.84. The van der Waals surface area contributed by atoms with Crippen LogP contribution in [-0.4, -0.2) is 58.3 Å². The molecule has 1 atom stereocenters. The van der Waals surface area contributed by atoms with Gasteiger partial charge in [-0.15, -0.1) is 10.2 Å². The van der Waals surface area contributed by atoms with Crippen LogP contribution >= 0.6 is 0 Å². The molecule has 0 spiro atoms. The summed E-state index contributed by atoms with van der Waals surface area (Å²) in [6.07, 6.45) is -0.543. The van der Waals surface area contributed by atoms with E-state index >= 15 is 0 Å². The van der Waals surface area contributed by atoms with E-state index in [0.717, 1.165) is 4.90 Å². The van der Waals surface area contributed by atoms with Gasteiger partial charge in [0.15, 0.2) is 0 Å². The quantitative estimate of drug-likeness (QED) is 0.881. The van der Waals surface area contributed by atoms with E-state index in [1.165, 1.54) is 19.2 Å². The van der Waals surface area contributed by atoms with Crippen LogP contribution in [0, 0.1) is 0 Å². The zero-order valence-electron chi connectivity index (χ0n) is 13.5. The Morgan fingerprint density at radius 2 is 2.28 bits per heavy atom. The fourth-order valence-corrected chi connectivity index (χ4v) is 2.80. The summed E-state index contributed by atoms with van der Waals surface area (Å²) in [4.78, 5) is 13.6. The molecule has 2 heterocycles. The maximum atomic E-state index is 13.6. The van der Waals surface area contributed by atoms with Crippen LogP contribution in [0.1, 0.15) is 22.7 Å². The first-order valence-electron chi connectivity index (χ1n) is 7.65. The van der Waals surface area contributed by atoms with E-state index in [2.05, 4.69) is 10.2 Å². The monoisotopic (exact) mass is 353 g/mol. The average Bonchev–Trinajstić information content (AvgIpc) is 3.18. The van der Waals surface area contributed by atoms with Gasteiger partial charge in [-0.3, -0.25) is 4.79 Å². The van der Waals surface area contributed by atoms with Crippen LogP contribution in [0.15, 0.2) is 28.7 Å². The van der Waals surface area contributed by atoms with Crippen molar-refractivity contribution in [1.82, 2.24) is 15.1 Å². The van der Waals surface area contributed by atoms with Gasteiger partial charge in [0.2, 0.25) is 11.8 Å². The number of nitrogens with zero attached hydrogens (tertiary/aromatic N) is 3. The summed E-state index contributed by atoms with van der Waals surface area (Å²) in [6.45, 7) is -1.06. The lowest BCUT2D eigenvalue weighted by Gasteiger charge is -2.22. The van der Waals surface area contributed by atoms with Crippen molar-refractivity contribution < 1.29 is 27.8 Å². The highest BCUT2D eigenvalue weighted by molar-refractivity contribution is 5.95. The lowest BCUT2D eigenvalue weighted by molar-refractivity contribution is 0.0116. The van der Waals surface area contributed by atoms with Gasteiger partial charge in [-0.25, -0.2) is 8.78 Å². The van der Waals surface area contributed by atoms with Crippen LogP contribution in [0.2, 0.25) is 0 Å². The second-order valence-corrected chi connectivity index (χ2v) is 5.84. The number of rotatable bonds is 5. The maximum absolute atomic E-state index is 13.6. The van der Waals surface area contributed by atoms with E-state index in [1.54, 1.807) is 12.1 Å². The Hall–Kier alpha value is -2.39. The summed E-state index contributed by atoms with van der Waals surface area (Å²) in [5.41, 5.74) is 0.701. The standard InChI is InChI=1S/C16H17F2N3O4/c1-24-8-13-19-20-14(25-13)10-3-2-4-11(5-10)15(23)21-9-16(17,18)6-12(21)7-22/h2-5,12,22H,6-9H2,1H3. The molecule has 1 fully saturated rings. The van der Waals surface area contributed by atoms with Crippen LogP contribution in [0.25, 0.3) is 11.5 Å². The highest BCUT2D eigenvalue weighted by Crippen LogP contribution is 2.33. The molecular formula is C16H17F2N3O4. The first kappa shape index (κ1) is 17.4. The molecule has 0 bridgehead atoms. The highest BCUT2D eigenvalue weighted by atomic mass is 19.3. The van der Waals surface area contributed by atoms with E-state index in [0.29, 0.717) is 5.56 Å². The molecule has 0 radical (unpaired) electrons. The number of aliphatic hydroxyl groups excluding tert-OH is 1. The van der Waals surface area contributed by atoms with Gasteiger partial charge in [-0.2, -0.15) is 0 Å². The number of hydrogen-bond donors (Lipinski definition) is 1. The number of methoxy groups -OCH3 is 1. The number of benzene rings is 1. The van der Waals surface area contributed by atoms with E-state index < -0.39 is 37.4 Å². The fourth-order valence-electron chi connectivity index (χ4n) is 2.80. The molecule has 1 aliphatic rings. The lowest BCUT2D eigenvalue weighted by Crippen LogP contribution is -2.38. The molecule has 1 amide bonds. The minimum atomic E-state index is -3.00. The van der Waals surface area contributed by atoms with Crippen molar-refractivity contribution in [2.75, 3.05) is 20.3 Å². The summed E-state index contributed by atoms with van der Waals surface area (Å²) in [5, 5.41) is 17.0. The zero-order chi connectivity index (χ0) is 18.0. The van der Waals surface area contributed by atoms with Gasteiger partial charge in [-0.05, 0) is 18.2 Å².